The highest BCUT2D eigenvalue weighted by molar-refractivity contribution is 4.80. The Labute approximate surface area is 80.2 Å². The molecule has 1 radical (unpaired) electrons. The van der Waals surface area contributed by atoms with E-state index >= 15 is 0 Å². The summed E-state index contributed by atoms with van der Waals surface area (Å²) in [5.41, 5.74) is 0. The van der Waals surface area contributed by atoms with E-state index in [1.807, 2.05) is 0 Å². The maximum atomic E-state index is 10.2. The van der Waals surface area contributed by atoms with Crippen LogP contribution >= 0.6 is 0 Å². The van der Waals surface area contributed by atoms with Crippen LogP contribution in [0.3, 0.4) is 0 Å². The number of aliphatic hydroxyl groups is 1. The summed E-state index contributed by atoms with van der Waals surface area (Å²) < 4.78 is 0. The number of hydrogen-bond acceptors (Lipinski definition) is 2. The lowest BCUT2D eigenvalue weighted by Gasteiger charge is -2.30. The molecule has 13 heavy (non-hydrogen) atoms. The lowest BCUT2D eigenvalue weighted by Crippen LogP contribution is -2.40. The highest BCUT2D eigenvalue weighted by Crippen LogP contribution is 2.23. The third-order valence-electron chi connectivity index (χ3n) is 2.87. The Hall–Kier alpha value is -0.120. The Bertz CT molecular complexity index is 130. The Morgan fingerprint density at radius 1 is 1.31 bits per heavy atom. The molecule has 1 aliphatic carbocycles. The van der Waals surface area contributed by atoms with Gasteiger partial charge in [0.15, 0.2) is 0 Å². The van der Waals surface area contributed by atoms with E-state index in [0.717, 1.165) is 19.4 Å². The fraction of sp³-hybridized carbons (Fsp3) is 1.00. The van der Waals surface area contributed by atoms with Gasteiger partial charge in [-0.25, -0.2) is 5.11 Å². The monoisotopic (exact) mass is 186 g/mol. The van der Waals surface area contributed by atoms with Crippen molar-refractivity contribution in [3.8, 4) is 0 Å². The van der Waals surface area contributed by atoms with Gasteiger partial charge in [-0.1, -0.05) is 12.8 Å². The third-order valence-corrected chi connectivity index (χ3v) is 2.87. The van der Waals surface area contributed by atoms with E-state index in [0.29, 0.717) is 18.4 Å². The number of hydrogen-bond donors (Lipinski definition) is 2. The molecule has 1 fully saturated rings. The van der Waals surface area contributed by atoms with Crippen LogP contribution in [-0.4, -0.2) is 30.9 Å². The predicted molar refractivity (Wildman–Crippen MR) is 51.0 cm³/mol. The van der Waals surface area contributed by atoms with E-state index in [-0.39, 0.29) is 13.2 Å². The molecule has 1 rings (SSSR count). The molecule has 0 heterocycles. The lowest BCUT2D eigenvalue weighted by atomic mass is 9.85. The average Bonchev–Trinajstić information content (AvgIpc) is 2.19. The molecular formula is C10H20NO2. The summed E-state index contributed by atoms with van der Waals surface area (Å²) in [5.74, 6) is 0.417. The van der Waals surface area contributed by atoms with Gasteiger partial charge in [-0.15, -0.1) is 0 Å². The minimum Gasteiger partial charge on any atom is -0.396 e. The molecule has 0 aliphatic heterocycles. The summed E-state index contributed by atoms with van der Waals surface area (Å²) in [6.07, 6.45) is 5.49. The molecule has 0 aromatic rings. The van der Waals surface area contributed by atoms with E-state index in [4.69, 9.17) is 5.11 Å². The van der Waals surface area contributed by atoms with Crippen molar-refractivity contribution in [3.05, 3.63) is 0 Å². The van der Waals surface area contributed by atoms with Crippen molar-refractivity contribution >= 4 is 0 Å². The second-order valence-corrected chi connectivity index (χ2v) is 3.85. The molecule has 77 valence electrons. The first-order valence-electron chi connectivity index (χ1n) is 5.31. The first kappa shape index (κ1) is 11.0. The summed E-state index contributed by atoms with van der Waals surface area (Å²) in [4.78, 5) is 0. The van der Waals surface area contributed by atoms with Crippen molar-refractivity contribution < 1.29 is 10.2 Å². The van der Waals surface area contributed by atoms with Gasteiger partial charge in [-0.2, -0.15) is 0 Å². The van der Waals surface area contributed by atoms with Crippen LogP contribution in [-0.2, 0) is 5.11 Å². The zero-order valence-electron chi connectivity index (χ0n) is 8.17. The van der Waals surface area contributed by atoms with Gasteiger partial charge in [0.25, 0.3) is 0 Å². The smallest absolute Gasteiger partial charge is 0.0834 e. The van der Waals surface area contributed by atoms with Crippen LogP contribution in [0.25, 0.3) is 0 Å². The van der Waals surface area contributed by atoms with Crippen molar-refractivity contribution in [1.82, 2.24) is 5.32 Å². The Kier molecular flexibility index (Phi) is 5.35. The van der Waals surface area contributed by atoms with Gasteiger partial charge in [0.1, 0.15) is 0 Å². The number of rotatable bonds is 5. The van der Waals surface area contributed by atoms with Gasteiger partial charge in [0.05, 0.1) is 6.61 Å². The quantitative estimate of drug-likeness (QED) is 0.628. The Morgan fingerprint density at radius 2 is 2.08 bits per heavy atom. The molecule has 0 aromatic heterocycles. The molecule has 2 atom stereocenters. The van der Waals surface area contributed by atoms with E-state index < -0.39 is 0 Å². The van der Waals surface area contributed by atoms with E-state index in [9.17, 15) is 5.11 Å². The molecule has 2 N–H and O–H groups in total. The van der Waals surface area contributed by atoms with Crippen LogP contribution in [0, 0.1) is 5.92 Å². The molecule has 3 nitrogen and oxygen atoms in total. The van der Waals surface area contributed by atoms with Crippen molar-refractivity contribution in [2.45, 2.75) is 38.1 Å². The van der Waals surface area contributed by atoms with Crippen molar-refractivity contribution in [2.24, 2.45) is 5.92 Å². The SMILES string of the molecule is [O]CCCN[C@@H]1CCCC[C@H]1CO. The molecule has 0 bridgehead atoms. The maximum Gasteiger partial charge on any atom is 0.0834 e. The maximum absolute atomic E-state index is 10.2. The minimum absolute atomic E-state index is 0.00348. The summed E-state index contributed by atoms with van der Waals surface area (Å²) in [5, 5.41) is 22.7. The lowest BCUT2D eigenvalue weighted by molar-refractivity contribution is 0.147. The van der Waals surface area contributed by atoms with Crippen LogP contribution in [0.15, 0.2) is 0 Å². The molecule has 3 heteroatoms. The minimum atomic E-state index is 0.00348. The highest BCUT2D eigenvalue weighted by Gasteiger charge is 2.23. The molecule has 0 spiro atoms. The van der Waals surface area contributed by atoms with Gasteiger partial charge in [-0.3, -0.25) is 0 Å². The third kappa shape index (κ3) is 3.63. The molecular weight excluding hydrogens is 166 g/mol. The van der Waals surface area contributed by atoms with Crippen LogP contribution in [0.5, 0.6) is 0 Å². The fourth-order valence-corrected chi connectivity index (χ4v) is 2.05. The molecule has 0 amide bonds. The van der Waals surface area contributed by atoms with Crippen molar-refractivity contribution in [3.63, 3.8) is 0 Å². The van der Waals surface area contributed by atoms with Crippen LogP contribution in [0.4, 0.5) is 0 Å². The van der Waals surface area contributed by atoms with Crippen molar-refractivity contribution in [2.75, 3.05) is 19.8 Å². The van der Waals surface area contributed by atoms with Crippen LogP contribution in [0.2, 0.25) is 0 Å². The van der Waals surface area contributed by atoms with E-state index in [2.05, 4.69) is 5.32 Å². The van der Waals surface area contributed by atoms with Crippen molar-refractivity contribution in [1.29, 1.82) is 0 Å². The van der Waals surface area contributed by atoms with Gasteiger partial charge in [0.2, 0.25) is 0 Å². The molecule has 0 aromatic carbocycles. The zero-order valence-corrected chi connectivity index (χ0v) is 8.17. The predicted octanol–water partition coefficient (Wildman–Crippen LogP) is 0.948. The first-order chi connectivity index (χ1) is 6.38. The van der Waals surface area contributed by atoms with E-state index in [1.54, 1.807) is 0 Å². The zero-order chi connectivity index (χ0) is 9.52. The number of aliphatic hydroxyl groups excluding tert-OH is 1. The highest BCUT2D eigenvalue weighted by atomic mass is 16.3. The van der Waals surface area contributed by atoms with Gasteiger partial charge in [-0.05, 0) is 31.7 Å². The van der Waals surface area contributed by atoms with Gasteiger partial charge >= 0.3 is 0 Å². The Balaban J connectivity index is 2.19. The Morgan fingerprint density at radius 3 is 2.77 bits per heavy atom. The molecule has 1 saturated carbocycles. The van der Waals surface area contributed by atoms with Crippen LogP contribution < -0.4 is 5.32 Å². The standard InChI is InChI=1S/C10H20NO2/c12-7-3-6-11-10-5-2-1-4-9(10)8-13/h9-11,13H,1-8H2/t9-,10+/m0/s1. The first-order valence-corrected chi connectivity index (χ1v) is 5.31. The summed E-state index contributed by atoms with van der Waals surface area (Å²) in [7, 11) is 0. The molecule has 1 aliphatic rings. The molecule has 0 unspecified atom stereocenters. The summed E-state index contributed by atoms with van der Waals surface area (Å²) >= 11 is 0. The summed E-state index contributed by atoms with van der Waals surface area (Å²) in [6, 6.07) is 0.449. The largest absolute Gasteiger partial charge is 0.396 e. The van der Waals surface area contributed by atoms with Crippen LogP contribution in [0.1, 0.15) is 32.1 Å². The van der Waals surface area contributed by atoms with Gasteiger partial charge in [0, 0.05) is 12.6 Å². The second-order valence-electron chi connectivity index (χ2n) is 3.85. The summed E-state index contributed by atoms with van der Waals surface area (Å²) in [6.45, 7) is 1.10. The second kappa shape index (κ2) is 6.35. The van der Waals surface area contributed by atoms with Gasteiger partial charge < -0.3 is 10.4 Å². The topological polar surface area (TPSA) is 52.2 Å². The normalized spacial score (nSPS) is 29.1. The fourth-order valence-electron chi connectivity index (χ4n) is 2.05. The van der Waals surface area contributed by atoms with E-state index in [1.165, 1.54) is 12.8 Å². The molecule has 0 saturated heterocycles. The number of nitrogens with one attached hydrogen (secondary N) is 1. The average molecular weight is 186 g/mol.